The number of rotatable bonds is 7. The molecule has 0 atom stereocenters. The zero-order valence-corrected chi connectivity index (χ0v) is 15.5. The average Bonchev–Trinajstić information content (AvgIpc) is 2.68. The van der Waals surface area contributed by atoms with E-state index in [0.717, 1.165) is 10.8 Å². The smallest absolute Gasteiger partial charge is 0.240 e. The third-order valence-corrected chi connectivity index (χ3v) is 5.36. The van der Waals surface area contributed by atoms with Crippen LogP contribution >= 0.6 is 0 Å². The summed E-state index contributed by atoms with van der Waals surface area (Å²) in [4.78, 5) is 16.1. The van der Waals surface area contributed by atoms with Crippen LogP contribution in [-0.2, 0) is 14.8 Å². The monoisotopic (exact) mass is 385 g/mol. The predicted octanol–water partition coefficient (Wildman–Crippen LogP) is 2.55. The molecular formula is C19H19N3O4S. The van der Waals surface area contributed by atoms with Crippen LogP contribution < -0.4 is 14.8 Å². The molecule has 3 rings (SSSR count). The number of hydrogen-bond acceptors (Lipinski definition) is 5. The minimum Gasteiger partial charge on any atom is -0.481 e. The molecule has 3 aromatic rings. The van der Waals surface area contributed by atoms with Crippen molar-refractivity contribution in [2.24, 2.45) is 0 Å². The van der Waals surface area contributed by atoms with Crippen LogP contribution in [0.2, 0.25) is 0 Å². The Bertz CT molecular complexity index is 1050. The first-order valence-corrected chi connectivity index (χ1v) is 9.74. The van der Waals surface area contributed by atoms with Crippen LogP contribution in [0.25, 0.3) is 10.8 Å². The number of aromatic nitrogens is 1. The zero-order valence-electron chi connectivity index (χ0n) is 14.7. The number of benzene rings is 2. The molecule has 7 nitrogen and oxygen atoms in total. The highest BCUT2D eigenvalue weighted by Crippen LogP contribution is 2.18. The summed E-state index contributed by atoms with van der Waals surface area (Å²) < 4.78 is 32.2. The molecular weight excluding hydrogens is 366 g/mol. The van der Waals surface area contributed by atoms with Gasteiger partial charge in [-0.3, -0.25) is 4.79 Å². The second kappa shape index (κ2) is 8.15. The number of nitrogens with zero attached hydrogens (tertiary/aromatic N) is 1. The molecule has 0 unspecified atom stereocenters. The maximum atomic E-state index is 12.4. The molecule has 0 saturated carbocycles. The van der Waals surface area contributed by atoms with Gasteiger partial charge in [-0.15, -0.1) is 0 Å². The van der Waals surface area contributed by atoms with Gasteiger partial charge in [0.15, 0.2) is 0 Å². The lowest BCUT2D eigenvalue weighted by molar-refractivity contribution is -0.116. The van der Waals surface area contributed by atoms with Crippen molar-refractivity contribution in [3.8, 4) is 5.88 Å². The average molecular weight is 385 g/mol. The highest BCUT2D eigenvalue weighted by molar-refractivity contribution is 7.89. The van der Waals surface area contributed by atoms with E-state index in [4.69, 9.17) is 4.74 Å². The second-order valence-corrected chi connectivity index (χ2v) is 7.56. The highest BCUT2D eigenvalue weighted by atomic mass is 32.2. The Morgan fingerprint density at radius 3 is 2.56 bits per heavy atom. The molecule has 0 aliphatic rings. The number of nitrogens with one attached hydrogen (secondary N) is 2. The lowest BCUT2D eigenvalue weighted by Crippen LogP contribution is -2.27. The quantitative estimate of drug-likeness (QED) is 0.651. The number of pyridine rings is 1. The van der Waals surface area contributed by atoms with Crippen LogP contribution in [0.3, 0.4) is 0 Å². The van der Waals surface area contributed by atoms with Crippen LogP contribution in [0.4, 0.5) is 5.69 Å². The van der Waals surface area contributed by atoms with Gasteiger partial charge in [0.1, 0.15) is 0 Å². The normalized spacial score (nSPS) is 11.3. The van der Waals surface area contributed by atoms with Gasteiger partial charge in [-0.25, -0.2) is 18.1 Å². The van der Waals surface area contributed by atoms with Gasteiger partial charge in [0.2, 0.25) is 21.8 Å². The molecule has 2 N–H and O–H groups in total. The number of ether oxygens (including phenoxy) is 1. The van der Waals surface area contributed by atoms with Crippen molar-refractivity contribution in [2.75, 3.05) is 19.0 Å². The van der Waals surface area contributed by atoms with Crippen molar-refractivity contribution in [3.63, 3.8) is 0 Å². The van der Waals surface area contributed by atoms with Crippen LogP contribution in [0.15, 0.2) is 65.7 Å². The standard InChI is InChI=1S/C19H19N3O4S/c1-26-19-9-7-16(13-20-19)22-18(23)10-11-21-27(24,25)17-8-6-14-4-2-3-5-15(14)12-17/h2-9,12-13,21H,10-11H2,1H3,(H,22,23). The maximum absolute atomic E-state index is 12.4. The van der Waals surface area contributed by atoms with E-state index in [1.54, 1.807) is 30.3 Å². The van der Waals surface area contributed by atoms with Gasteiger partial charge in [0, 0.05) is 19.0 Å². The third kappa shape index (κ3) is 4.81. The van der Waals surface area contributed by atoms with E-state index in [0.29, 0.717) is 11.6 Å². The number of carbonyl (C=O) groups excluding carboxylic acids is 1. The van der Waals surface area contributed by atoms with Crippen LogP contribution in [0.1, 0.15) is 6.42 Å². The first-order valence-electron chi connectivity index (χ1n) is 8.26. The SMILES string of the molecule is COc1ccc(NC(=O)CCNS(=O)(=O)c2ccc3ccccc3c2)cn1. The number of amides is 1. The van der Waals surface area contributed by atoms with Gasteiger partial charge in [-0.1, -0.05) is 30.3 Å². The van der Waals surface area contributed by atoms with Crippen molar-refractivity contribution < 1.29 is 17.9 Å². The number of anilines is 1. The summed E-state index contributed by atoms with van der Waals surface area (Å²) >= 11 is 0. The number of sulfonamides is 1. The molecule has 1 amide bonds. The second-order valence-electron chi connectivity index (χ2n) is 5.79. The fourth-order valence-corrected chi connectivity index (χ4v) is 3.58. The third-order valence-electron chi connectivity index (χ3n) is 3.90. The Morgan fingerprint density at radius 2 is 1.85 bits per heavy atom. The van der Waals surface area contributed by atoms with E-state index in [2.05, 4.69) is 15.0 Å². The van der Waals surface area contributed by atoms with Crippen LogP contribution in [0.5, 0.6) is 5.88 Å². The highest BCUT2D eigenvalue weighted by Gasteiger charge is 2.14. The molecule has 0 saturated heterocycles. The Hall–Kier alpha value is -2.97. The van der Waals surface area contributed by atoms with E-state index in [-0.39, 0.29) is 23.8 Å². The van der Waals surface area contributed by atoms with Crippen molar-refractivity contribution in [1.29, 1.82) is 0 Å². The minimum atomic E-state index is -3.69. The first-order chi connectivity index (χ1) is 13.0. The first kappa shape index (κ1) is 18.8. The molecule has 1 heterocycles. The summed E-state index contributed by atoms with van der Waals surface area (Å²) in [7, 11) is -2.19. The van der Waals surface area contributed by atoms with E-state index in [1.165, 1.54) is 13.3 Å². The Morgan fingerprint density at radius 1 is 1.07 bits per heavy atom. The molecule has 1 aromatic heterocycles. The molecule has 0 bridgehead atoms. The number of fused-ring (bicyclic) bond motifs is 1. The van der Waals surface area contributed by atoms with E-state index in [1.807, 2.05) is 24.3 Å². The number of methoxy groups -OCH3 is 1. The molecule has 0 fully saturated rings. The molecule has 0 spiro atoms. The summed E-state index contributed by atoms with van der Waals surface area (Å²) in [6.07, 6.45) is 1.47. The van der Waals surface area contributed by atoms with Gasteiger partial charge in [0.05, 0.1) is 23.9 Å². The molecule has 140 valence electrons. The minimum absolute atomic E-state index is 0.00115. The van der Waals surface area contributed by atoms with Crippen molar-refractivity contribution >= 4 is 32.4 Å². The molecule has 27 heavy (non-hydrogen) atoms. The van der Waals surface area contributed by atoms with Crippen molar-refractivity contribution in [1.82, 2.24) is 9.71 Å². The van der Waals surface area contributed by atoms with E-state index < -0.39 is 10.0 Å². The molecule has 8 heteroatoms. The van der Waals surface area contributed by atoms with Gasteiger partial charge in [0.25, 0.3) is 0 Å². The summed E-state index contributed by atoms with van der Waals surface area (Å²) in [6.45, 7) is -0.00935. The number of carbonyl (C=O) groups is 1. The Labute approximate surface area is 157 Å². The lowest BCUT2D eigenvalue weighted by Gasteiger charge is -2.09. The summed E-state index contributed by atoms with van der Waals surface area (Å²) in [5.74, 6) is 0.124. The van der Waals surface area contributed by atoms with Crippen LogP contribution in [0, 0.1) is 0 Å². The van der Waals surface area contributed by atoms with Gasteiger partial charge in [-0.05, 0) is 29.0 Å². The Kier molecular flexibility index (Phi) is 5.68. The fraction of sp³-hybridized carbons (Fsp3) is 0.158. The van der Waals surface area contributed by atoms with Crippen LogP contribution in [-0.4, -0.2) is 33.0 Å². The van der Waals surface area contributed by atoms with Crippen molar-refractivity contribution in [3.05, 3.63) is 60.8 Å². The summed E-state index contributed by atoms with van der Waals surface area (Å²) in [6, 6.07) is 15.7. The van der Waals surface area contributed by atoms with E-state index >= 15 is 0 Å². The molecule has 2 aromatic carbocycles. The zero-order chi connectivity index (χ0) is 19.3. The lowest BCUT2D eigenvalue weighted by atomic mass is 10.1. The van der Waals surface area contributed by atoms with Gasteiger partial charge in [-0.2, -0.15) is 0 Å². The Balaban J connectivity index is 1.56. The summed E-state index contributed by atoms with van der Waals surface area (Å²) in [5.41, 5.74) is 0.512. The van der Waals surface area contributed by atoms with E-state index in [9.17, 15) is 13.2 Å². The maximum Gasteiger partial charge on any atom is 0.240 e. The van der Waals surface area contributed by atoms with Gasteiger partial charge < -0.3 is 10.1 Å². The predicted molar refractivity (Wildman–Crippen MR) is 103 cm³/mol. The summed E-state index contributed by atoms with van der Waals surface area (Å²) in [5, 5.41) is 4.45. The van der Waals surface area contributed by atoms with Crippen molar-refractivity contribution in [2.45, 2.75) is 11.3 Å². The van der Waals surface area contributed by atoms with Gasteiger partial charge >= 0.3 is 0 Å². The molecule has 0 radical (unpaired) electrons. The fourth-order valence-electron chi connectivity index (χ4n) is 2.52. The topological polar surface area (TPSA) is 97.4 Å². The number of hydrogen-bond donors (Lipinski definition) is 2. The largest absolute Gasteiger partial charge is 0.481 e. The molecule has 0 aliphatic carbocycles. The molecule has 0 aliphatic heterocycles.